The van der Waals surface area contributed by atoms with Gasteiger partial charge in [-0.2, -0.15) is 0 Å². The number of carbonyl (C=O) groups is 1. The van der Waals surface area contributed by atoms with E-state index < -0.39 is 8.32 Å². The number of hydrogen-bond donors (Lipinski definition) is 0. The predicted molar refractivity (Wildman–Crippen MR) is 111 cm³/mol. The van der Waals surface area contributed by atoms with E-state index in [2.05, 4.69) is 50.5 Å². The fourth-order valence-electron chi connectivity index (χ4n) is 2.23. The number of rotatable bonds is 10. The number of esters is 1. The zero-order valence-electron chi connectivity index (χ0n) is 17.0. The van der Waals surface area contributed by atoms with Gasteiger partial charge in [-0.05, 0) is 48.1 Å². The molecule has 0 saturated heterocycles. The molecule has 0 spiro atoms. The van der Waals surface area contributed by atoms with Gasteiger partial charge < -0.3 is 9.16 Å². The highest BCUT2D eigenvalue weighted by molar-refractivity contribution is 6.74. The van der Waals surface area contributed by atoms with Gasteiger partial charge in [0.15, 0.2) is 8.32 Å². The van der Waals surface area contributed by atoms with E-state index in [1.807, 2.05) is 6.07 Å². The fourth-order valence-corrected chi connectivity index (χ4v) is 3.25. The van der Waals surface area contributed by atoms with Crippen molar-refractivity contribution in [2.45, 2.75) is 51.4 Å². The number of benzene rings is 1. The van der Waals surface area contributed by atoms with Crippen LogP contribution in [0.2, 0.25) is 18.1 Å². The van der Waals surface area contributed by atoms with E-state index in [1.165, 1.54) is 0 Å². The summed E-state index contributed by atoms with van der Waals surface area (Å²) < 4.78 is 11.5. The fraction of sp³-hybridized carbons (Fsp3) is 0.550. The Labute approximate surface area is 163 Å². The molecule has 1 rings (SSSR count). The summed E-state index contributed by atoms with van der Waals surface area (Å²) in [5, 5.41) is 3.97. The summed E-state index contributed by atoms with van der Waals surface area (Å²) in [7, 11) is -1.95. The van der Waals surface area contributed by atoms with Crippen molar-refractivity contribution in [3.05, 3.63) is 59.0 Å². The summed E-state index contributed by atoms with van der Waals surface area (Å²) in [5.74, 6) is -0.495. The molecule has 0 amide bonds. The Morgan fingerprint density at radius 1 is 1.33 bits per heavy atom. The maximum atomic E-state index is 12.0. The lowest BCUT2D eigenvalue weighted by Gasteiger charge is -2.37. The van der Waals surface area contributed by atoms with E-state index in [0.29, 0.717) is 18.6 Å². The number of nitrogens with zero attached hydrogens (tertiary/aromatic N) is 3. The standard InChI is InChI=1S/C20H31N3O3Si/c1-7-16(13-14-25-19(24)17-11-9-8-10-12-17)18(22-23-21)15-26-27(5,6)20(2,3)4/h7-12,16,18H,1,13-15H2,2-6H3/t16-,18+/m1/s1. The molecule has 2 atom stereocenters. The van der Waals surface area contributed by atoms with E-state index in [1.54, 1.807) is 30.3 Å². The van der Waals surface area contributed by atoms with E-state index in [-0.39, 0.29) is 29.6 Å². The van der Waals surface area contributed by atoms with Gasteiger partial charge in [-0.1, -0.05) is 50.2 Å². The molecule has 0 aliphatic rings. The molecule has 0 fully saturated rings. The van der Waals surface area contributed by atoms with Gasteiger partial charge >= 0.3 is 5.97 Å². The summed E-state index contributed by atoms with van der Waals surface area (Å²) in [6.07, 6.45) is 2.26. The smallest absolute Gasteiger partial charge is 0.338 e. The average molecular weight is 390 g/mol. The molecule has 0 heterocycles. The summed E-state index contributed by atoms with van der Waals surface area (Å²) in [6, 6.07) is 8.47. The summed E-state index contributed by atoms with van der Waals surface area (Å²) in [4.78, 5) is 15.0. The Kier molecular flexibility index (Phi) is 8.76. The highest BCUT2D eigenvalue weighted by Crippen LogP contribution is 2.37. The van der Waals surface area contributed by atoms with Crippen molar-refractivity contribution in [2.24, 2.45) is 11.0 Å². The number of ether oxygens (including phenoxy) is 1. The Hall–Kier alpha value is -2.08. The molecule has 27 heavy (non-hydrogen) atoms. The molecule has 0 saturated carbocycles. The highest BCUT2D eigenvalue weighted by atomic mass is 28.4. The zero-order chi connectivity index (χ0) is 20.5. The van der Waals surface area contributed by atoms with E-state index in [4.69, 9.17) is 14.7 Å². The van der Waals surface area contributed by atoms with Crippen LogP contribution in [0.25, 0.3) is 10.4 Å². The molecule has 0 radical (unpaired) electrons. The molecule has 1 aromatic carbocycles. The number of carbonyl (C=O) groups excluding carboxylic acids is 1. The lowest BCUT2D eigenvalue weighted by Crippen LogP contribution is -2.43. The van der Waals surface area contributed by atoms with Gasteiger partial charge in [0.05, 0.1) is 18.2 Å². The monoisotopic (exact) mass is 389 g/mol. The molecular formula is C20H31N3O3Si. The van der Waals surface area contributed by atoms with Gasteiger partial charge in [0.1, 0.15) is 0 Å². The second-order valence-corrected chi connectivity index (χ2v) is 12.8. The largest absolute Gasteiger partial charge is 0.462 e. The van der Waals surface area contributed by atoms with Crippen LogP contribution in [-0.2, 0) is 9.16 Å². The van der Waals surface area contributed by atoms with Crippen LogP contribution in [0.15, 0.2) is 48.1 Å². The molecule has 7 heteroatoms. The van der Waals surface area contributed by atoms with Crippen LogP contribution in [-0.4, -0.2) is 33.5 Å². The van der Waals surface area contributed by atoms with Gasteiger partial charge in [-0.15, -0.1) is 6.58 Å². The molecule has 148 valence electrons. The SMILES string of the molecule is C=C[C@H](CCOC(=O)c1ccccc1)[C@H](CO[Si](C)(C)C(C)(C)C)N=[N+]=[N-]. The zero-order valence-corrected chi connectivity index (χ0v) is 18.0. The molecule has 0 aliphatic carbocycles. The minimum absolute atomic E-state index is 0.0722. The van der Waals surface area contributed by atoms with Gasteiger partial charge in [0, 0.05) is 11.5 Å². The third kappa shape index (κ3) is 7.21. The predicted octanol–water partition coefficient (Wildman–Crippen LogP) is 5.74. The summed E-state index contributed by atoms with van der Waals surface area (Å²) >= 11 is 0. The van der Waals surface area contributed by atoms with E-state index >= 15 is 0 Å². The second kappa shape index (κ2) is 10.3. The lowest BCUT2D eigenvalue weighted by molar-refractivity contribution is 0.0482. The Morgan fingerprint density at radius 2 is 1.96 bits per heavy atom. The molecule has 0 aliphatic heterocycles. The lowest BCUT2D eigenvalue weighted by atomic mass is 9.98. The first-order valence-electron chi connectivity index (χ1n) is 9.15. The van der Waals surface area contributed by atoms with Crippen molar-refractivity contribution < 1.29 is 14.0 Å². The normalized spacial score (nSPS) is 14.0. The van der Waals surface area contributed by atoms with E-state index in [9.17, 15) is 4.79 Å². The topological polar surface area (TPSA) is 84.3 Å². The van der Waals surface area contributed by atoms with Crippen molar-refractivity contribution in [3.8, 4) is 0 Å². The van der Waals surface area contributed by atoms with Gasteiger partial charge in [0.2, 0.25) is 0 Å². The number of azide groups is 1. The molecule has 1 aromatic rings. The molecule has 0 bridgehead atoms. The Bertz CT molecular complexity index is 665. The average Bonchev–Trinajstić information content (AvgIpc) is 2.62. The van der Waals surface area contributed by atoms with Crippen LogP contribution in [0.4, 0.5) is 0 Å². The summed E-state index contributed by atoms with van der Waals surface area (Å²) in [6.45, 7) is 15.2. The molecule has 6 nitrogen and oxygen atoms in total. The third-order valence-corrected chi connectivity index (χ3v) is 9.61. The van der Waals surface area contributed by atoms with Crippen molar-refractivity contribution >= 4 is 14.3 Å². The van der Waals surface area contributed by atoms with Crippen molar-refractivity contribution in [3.63, 3.8) is 0 Å². The van der Waals surface area contributed by atoms with Crippen LogP contribution >= 0.6 is 0 Å². The summed E-state index contributed by atoms with van der Waals surface area (Å²) in [5.41, 5.74) is 9.44. The molecule has 0 aromatic heterocycles. The highest BCUT2D eigenvalue weighted by Gasteiger charge is 2.38. The van der Waals surface area contributed by atoms with Crippen LogP contribution in [0.5, 0.6) is 0 Å². The molecule has 0 unspecified atom stereocenters. The minimum Gasteiger partial charge on any atom is -0.462 e. The van der Waals surface area contributed by atoms with Crippen molar-refractivity contribution in [2.75, 3.05) is 13.2 Å². The van der Waals surface area contributed by atoms with Crippen LogP contribution < -0.4 is 0 Å². The van der Waals surface area contributed by atoms with Gasteiger partial charge in [-0.3, -0.25) is 0 Å². The maximum Gasteiger partial charge on any atom is 0.338 e. The maximum absolute atomic E-state index is 12.0. The van der Waals surface area contributed by atoms with Crippen LogP contribution in [0.3, 0.4) is 0 Å². The second-order valence-electron chi connectivity index (χ2n) is 8.03. The van der Waals surface area contributed by atoms with Crippen molar-refractivity contribution in [1.29, 1.82) is 0 Å². The van der Waals surface area contributed by atoms with Crippen LogP contribution in [0.1, 0.15) is 37.6 Å². The van der Waals surface area contributed by atoms with Crippen molar-refractivity contribution in [1.82, 2.24) is 0 Å². The quantitative estimate of drug-likeness (QED) is 0.128. The van der Waals surface area contributed by atoms with Gasteiger partial charge in [0.25, 0.3) is 0 Å². The molecular weight excluding hydrogens is 358 g/mol. The molecule has 0 N–H and O–H groups in total. The first-order chi connectivity index (χ1) is 12.6. The first-order valence-corrected chi connectivity index (χ1v) is 12.1. The first kappa shape index (κ1) is 23.0. The number of hydrogen-bond acceptors (Lipinski definition) is 4. The van der Waals surface area contributed by atoms with Crippen LogP contribution in [0, 0.1) is 5.92 Å². The minimum atomic E-state index is -1.95. The van der Waals surface area contributed by atoms with E-state index in [0.717, 1.165) is 0 Å². The van der Waals surface area contributed by atoms with Gasteiger partial charge in [-0.25, -0.2) is 4.79 Å². The Morgan fingerprint density at radius 3 is 2.48 bits per heavy atom. The third-order valence-electron chi connectivity index (χ3n) is 5.11. The Balaban J connectivity index is 2.65.